The molecule has 0 saturated carbocycles. The molecule has 0 bridgehead atoms. The van der Waals surface area contributed by atoms with E-state index in [0.717, 1.165) is 15.7 Å². The van der Waals surface area contributed by atoms with Crippen molar-refractivity contribution in [1.29, 1.82) is 0 Å². The summed E-state index contributed by atoms with van der Waals surface area (Å²) in [6.07, 6.45) is 2.11. The maximum absolute atomic E-state index is 5.24. The number of benzene rings is 1. The van der Waals surface area contributed by atoms with Crippen molar-refractivity contribution in [2.45, 2.75) is 13.0 Å². The molecule has 0 aliphatic carbocycles. The van der Waals surface area contributed by atoms with Gasteiger partial charge in [0.1, 0.15) is 11.8 Å². The van der Waals surface area contributed by atoms with E-state index in [1.807, 2.05) is 12.1 Å². The molecule has 0 fully saturated rings. The van der Waals surface area contributed by atoms with Gasteiger partial charge in [-0.1, -0.05) is 0 Å². The Hall–Kier alpha value is -0.750. The van der Waals surface area contributed by atoms with Crippen LogP contribution < -0.4 is 28.7 Å². The molecule has 1 aromatic heterocycles. The van der Waals surface area contributed by atoms with E-state index in [4.69, 9.17) is 4.74 Å². The summed E-state index contributed by atoms with van der Waals surface area (Å²) >= 11 is 0. The minimum absolute atomic E-state index is 0. The number of H-pyrrole nitrogens is 1. The Morgan fingerprint density at radius 3 is 2.44 bits per heavy atom. The second-order valence-electron chi connectivity index (χ2n) is 5.45. The van der Waals surface area contributed by atoms with Crippen molar-refractivity contribution in [3.05, 3.63) is 30.0 Å². The Morgan fingerprint density at radius 1 is 1.22 bits per heavy atom. The quantitative estimate of drug-likeness (QED) is 0.603. The third-order valence-corrected chi connectivity index (χ3v) is 3.53. The molecule has 3 nitrogen and oxygen atoms in total. The Bertz CT molecular complexity index is 528. The number of hydrogen-bond acceptors (Lipinski definition) is 1. The highest BCUT2D eigenvalue weighted by Gasteiger charge is 2.23. The standard InChI is InChI=1S/C14H21N2O.HI/c1-10(16(2,3)4)13-9-15-14-8-11(17-5)6-7-12(13)14;/h6-10,15H,1-5H3;1H/q+1;/p-1. The topological polar surface area (TPSA) is 25.0 Å². The Balaban J connectivity index is 0.00000162. The number of nitrogens with zero attached hydrogens (tertiary/aromatic N) is 1. The zero-order valence-electron chi connectivity index (χ0n) is 11.6. The fourth-order valence-electron chi connectivity index (χ4n) is 2.02. The van der Waals surface area contributed by atoms with Crippen LogP contribution in [0.4, 0.5) is 0 Å². The van der Waals surface area contributed by atoms with E-state index < -0.39 is 0 Å². The van der Waals surface area contributed by atoms with Crippen molar-refractivity contribution in [2.75, 3.05) is 28.3 Å². The third-order valence-electron chi connectivity index (χ3n) is 3.53. The second-order valence-corrected chi connectivity index (χ2v) is 5.45. The lowest BCUT2D eigenvalue weighted by Gasteiger charge is -2.31. The molecule has 100 valence electrons. The van der Waals surface area contributed by atoms with Gasteiger partial charge < -0.3 is 38.2 Å². The Kier molecular flexibility index (Phi) is 4.66. The average molecular weight is 360 g/mol. The highest BCUT2D eigenvalue weighted by molar-refractivity contribution is 5.84. The number of fused-ring (bicyclic) bond motifs is 1. The Labute approximate surface area is 126 Å². The molecular formula is C14H21IN2O. The summed E-state index contributed by atoms with van der Waals surface area (Å²) < 4.78 is 6.15. The Morgan fingerprint density at radius 2 is 1.89 bits per heavy atom. The van der Waals surface area contributed by atoms with Gasteiger partial charge in [0.2, 0.25) is 0 Å². The molecule has 2 aromatic rings. The molecule has 1 heterocycles. The van der Waals surface area contributed by atoms with Gasteiger partial charge in [0.25, 0.3) is 0 Å². The van der Waals surface area contributed by atoms with Gasteiger partial charge in [-0.25, -0.2) is 0 Å². The van der Waals surface area contributed by atoms with E-state index in [1.165, 1.54) is 10.9 Å². The number of nitrogens with one attached hydrogen (secondary N) is 1. The fraction of sp³-hybridized carbons (Fsp3) is 0.429. The molecule has 1 N–H and O–H groups in total. The van der Waals surface area contributed by atoms with E-state index in [-0.39, 0.29) is 24.0 Å². The number of aromatic amines is 1. The van der Waals surface area contributed by atoms with Gasteiger partial charge in [-0.05, 0) is 19.1 Å². The molecule has 4 heteroatoms. The molecule has 0 spiro atoms. The lowest BCUT2D eigenvalue weighted by atomic mass is 10.1. The third kappa shape index (κ3) is 2.80. The van der Waals surface area contributed by atoms with Gasteiger partial charge in [0.05, 0.1) is 28.3 Å². The predicted octanol–water partition coefficient (Wildman–Crippen LogP) is -0.0523. The van der Waals surface area contributed by atoms with Crippen molar-refractivity contribution in [2.24, 2.45) is 0 Å². The van der Waals surface area contributed by atoms with Crippen LogP contribution in [0.5, 0.6) is 5.75 Å². The molecule has 1 atom stereocenters. The number of halogens is 1. The van der Waals surface area contributed by atoms with Crippen molar-refractivity contribution in [3.8, 4) is 5.75 Å². The highest BCUT2D eigenvalue weighted by atomic mass is 127. The van der Waals surface area contributed by atoms with Gasteiger partial charge in [-0.2, -0.15) is 0 Å². The minimum atomic E-state index is 0. The van der Waals surface area contributed by atoms with Crippen LogP contribution in [0, 0.1) is 0 Å². The van der Waals surface area contributed by atoms with Gasteiger partial charge in [-0.3, -0.25) is 0 Å². The van der Waals surface area contributed by atoms with Gasteiger partial charge in [0, 0.05) is 28.7 Å². The molecule has 0 radical (unpaired) electrons. The van der Waals surface area contributed by atoms with Crippen molar-refractivity contribution >= 4 is 10.9 Å². The molecule has 1 unspecified atom stereocenters. The summed E-state index contributed by atoms with van der Waals surface area (Å²) in [5.41, 5.74) is 2.50. The van der Waals surface area contributed by atoms with E-state index in [2.05, 4.69) is 45.3 Å². The van der Waals surface area contributed by atoms with Crippen LogP contribution in [0.25, 0.3) is 10.9 Å². The summed E-state index contributed by atoms with van der Waals surface area (Å²) in [6.45, 7) is 2.26. The first kappa shape index (κ1) is 15.3. The number of ether oxygens (including phenoxy) is 1. The number of quaternary nitrogens is 1. The SMILES string of the molecule is COc1ccc2c(C(C)[N+](C)(C)C)c[nH]c2c1.[I-]. The first-order valence-corrected chi connectivity index (χ1v) is 5.89. The first-order valence-electron chi connectivity index (χ1n) is 5.89. The number of aromatic nitrogens is 1. The first-order chi connectivity index (χ1) is 7.93. The van der Waals surface area contributed by atoms with Crippen molar-refractivity contribution < 1.29 is 33.2 Å². The summed E-state index contributed by atoms with van der Waals surface area (Å²) in [5.74, 6) is 0.892. The summed E-state index contributed by atoms with van der Waals surface area (Å²) in [4.78, 5) is 3.33. The summed E-state index contributed by atoms with van der Waals surface area (Å²) in [5, 5.41) is 1.28. The van der Waals surface area contributed by atoms with Crippen LogP contribution in [0.3, 0.4) is 0 Å². The van der Waals surface area contributed by atoms with Crippen LogP contribution in [-0.4, -0.2) is 37.7 Å². The average Bonchev–Trinajstić information content (AvgIpc) is 2.69. The van der Waals surface area contributed by atoms with E-state index in [1.54, 1.807) is 7.11 Å². The smallest absolute Gasteiger partial charge is 0.120 e. The zero-order valence-corrected chi connectivity index (χ0v) is 13.8. The lowest BCUT2D eigenvalue weighted by molar-refractivity contribution is -0.899. The van der Waals surface area contributed by atoms with Crippen LogP contribution >= 0.6 is 0 Å². The molecule has 1 aromatic carbocycles. The summed E-state index contributed by atoms with van der Waals surface area (Å²) in [7, 11) is 8.34. The van der Waals surface area contributed by atoms with Crippen LogP contribution in [0.15, 0.2) is 24.4 Å². The zero-order chi connectivity index (χ0) is 12.6. The van der Waals surface area contributed by atoms with Gasteiger partial charge in [-0.15, -0.1) is 0 Å². The maximum atomic E-state index is 5.24. The molecule has 0 saturated heterocycles. The van der Waals surface area contributed by atoms with E-state index >= 15 is 0 Å². The molecule has 18 heavy (non-hydrogen) atoms. The molecule has 0 amide bonds. The van der Waals surface area contributed by atoms with E-state index in [0.29, 0.717) is 6.04 Å². The molecular weight excluding hydrogens is 339 g/mol. The number of methoxy groups -OCH3 is 1. The van der Waals surface area contributed by atoms with Gasteiger partial charge >= 0.3 is 0 Å². The summed E-state index contributed by atoms with van der Waals surface area (Å²) in [6, 6.07) is 6.65. The molecule has 2 rings (SSSR count). The number of rotatable bonds is 3. The van der Waals surface area contributed by atoms with Crippen molar-refractivity contribution in [3.63, 3.8) is 0 Å². The van der Waals surface area contributed by atoms with E-state index in [9.17, 15) is 0 Å². The largest absolute Gasteiger partial charge is 1.00 e. The second kappa shape index (κ2) is 5.48. The maximum Gasteiger partial charge on any atom is 0.120 e. The van der Waals surface area contributed by atoms with Gasteiger partial charge in [0.15, 0.2) is 0 Å². The molecule has 0 aliphatic rings. The predicted molar refractivity (Wildman–Crippen MR) is 71.3 cm³/mol. The molecule has 0 aliphatic heterocycles. The van der Waals surface area contributed by atoms with Crippen LogP contribution in [0.2, 0.25) is 0 Å². The normalized spacial score (nSPS) is 13.2. The lowest BCUT2D eigenvalue weighted by Crippen LogP contribution is -3.00. The monoisotopic (exact) mass is 360 g/mol. The fourth-order valence-corrected chi connectivity index (χ4v) is 2.02. The number of hydrogen-bond donors (Lipinski definition) is 1. The minimum Gasteiger partial charge on any atom is -1.00 e. The van der Waals surface area contributed by atoms with Crippen LogP contribution in [-0.2, 0) is 0 Å². The van der Waals surface area contributed by atoms with Crippen LogP contribution in [0.1, 0.15) is 18.5 Å². The van der Waals surface area contributed by atoms with Crippen molar-refractivity contribution in [1.82, 2.24) is 4.98 Å². The highest BCUT2D eigenvalue weighted by Crippen LogP contribution is 2.31.